The fourth-order valence-corrected chi connectivity index (χ4v) is 0.846. The molecule has 5 nitrogen and oxygen atoms in total. The Balaban J connectivity index is 2.64. The average Bonchev–Trinajstić information content (AvgIpc) is 2.19. The van der Waals surface area contributed by atoms with Crippen molar-refractivity contribution in [3.05, 3.63) is 0 Å². The van der Waals surface area contributed by atoms with Crippen LogP contribution in [0, 0.1) is 0 Å². The van der Waals surface area contributed by atoms with Gasteiger partial charge in [-0.05, 0) is 0 Å². The van der Waals surface area contributed by atoms with Gasteiger partial charge in [0.2, 0.25) is 5.79 Å². The Hall–Kier alpha value is -0.200. The van der Waals surface area contributed by atoms with Crippen LogP contribution < -0.4 is 0 Å². The monoisotopic (exact) mass is 150 g/mol. The number of hydrogen-bond acceptors (Lipinski definition) is 5. The topological polar surface area (TPSA) is 90.2 Å². The van der Waals surface area contributed by atoms with Crippen LogP contribution in [0.1, 0.15) is 0 Å². The van der Waals surface area contributed by atoms with Crippen LogP contribution in [0.5, 0.6) is 0 Å². The zero-order chi connectivity index (χ0) is 7.78. The van der Waals surface area contributed by atoms with Gasteiger partial charge in [-0.25, -0.2) is 0 Å². The van der Waals surface area contributed by atoms with Crippen LogP contribution in [0.25, 0.3) is 0 Å². The van der Waals surface area contributed by atoms with Crippen LogP contribution in [0.3, 0.4) is 0 Å². The molecule has 0 spiro atoms. The van der Waals surface area contributed by atoms with Crippen molar-refractivity contribution < 1.29 is 25.2 Å². The molecule has 0 bridgehead atoms. The molecule has 5 heteroatoms. The average molecular weight is 150 g/mol. The SMILES string of the molecule is OC[C@]1(O)OC[C@@H](O)[C@@H]1O. The minimum absolute atomic E-state index is 0.155. The molecule has 0 aromatic heterocycles. The molecular formula is C5H10O5. The fourth-order valence-electron chi connectivity index (χ4n) is 0.846. The molecule has 0 radical (unpaired) electrons. The molecule has 0 unspecified atom stereocenters. The van der Waals surface area contributed by atoms with Crippen molar-refractivity contribution in [1.82, 2.24) is 0 Å². The Kier molecular flexibility index (Phi) is 1.93. The van der Waals surface area contributed by atoms with E-state index in [4.69, 9.17) is 20.4 Å². The van der Waals surface area contributed by atoms with Gasteiger partial charge in [0.1, 0.15) is 12.2 Å². The van der Waals surface area contributed by atoms with Crippen LogP contribution in [0.4, 0.5) is 0 Å². The van der Waals surface area contributed by atoms with Crippen LogP contribution in [-0.2, 0) is 4.74 Å². The minimum Gasteiger partial charge on any atom is -0.391 e. The molecule has 1 fully saturated rings. The normalized spacial score (nSPS) is 48.0. The van der Waals surface area contributed by atoms with E-state index in [9.17, 15) is 0 Å². The first kappa shape index (κ1) is 7.90. The highest BCUT2D eigenvalue weighted by Crippen LogP contribution is 2.22. The first-order chi connectivity index (χ1) is 4.60. The molecule has 0 aromatic carbocycles. The van der Waals surface area contributed by atoms with Gasteiger partial charge < -0.3 is 25.2 Å². The maximum atomic E-state index is 9.06. The third-order valence-electron chi connectivity index (χ3n) is 1.56. The van der Waals surface area contributed by atoms with Gasteiger partial charge in [0.05, 0.1) is 13.2 Å². The lowest BCUT2D eigenvalue weighted by Gasteiger charge is -2.22. The van der Waals surface area contributed by atoms with Gasteiger partial charge in [-0.15, -0.1) is 0 Å². The Labute approximate surface area is 57.5 Å². The first-order valence-electron chi connectivity index (χ1n) is 2.93. The third-order valence-corrected chi connectivity index (χ3v) is 1.56. The molecule has 0 aromatic rings. The lowest BCUT2D eigenvalue weighted by molar-refractivity contribution is -0.234. The highest BCUT2D eigenvalue weighted by atomic mass is 16.7. The molecule has 0 amide bonds. The van der Waals surface area contributed by atoms with Crippen molar-refractivity contribution in [2.75, 3.05) is 13.2 Å². The summed E-state index contributed by atoms with van der Waals surface area (Å²) in [5.41, 5.74) is 0. The van der Waals surface area contributed by atoms with Gasteiger partial charge in [-0.2, -0.15) is 0 Å². The van der Waals surface area contributed by atoms with E-state index in [1.807, 2.05) is 0 Å². The van der Waals surface area contributed by atoms with Gasteiger partial charge >= 0.3 is 0 Å². The van der Waals surface area contributed by atoms with Gasteiger partial charge in [-0.3, -0.25) is 0 Å². The summed E-state index contributed by atoms with van der Waals surface area (Å²) in [7, 11) is 0. The van der Waals surface area contributed by atoms with Crippen molar-refractivity contribution in [1.29, 1.82) is 0 Å². The molecule has 1 aliphatic heterocycles. The van der Waals surface area contributed by atoms with E-state index in [1.165, 1.54) is 0 Å². The molecule has 10 heavy (non-hydrogen) atoms. The lowest BCUT2D eigenvalue weighted by Crippen LogP contribution is -2.46. The van der Waals surface area contributed by atoms with Gasteiger partial charge in [0.25, 0.3) is 0 Å². The van der Waals surface area contributed by atoms with Gasteiger partial charge in [-0.1, -0.05) is 0 Å². The fraction of sp³-hybridized carbons (Fsp3) is 1.00. The van der Waals surface area contributed by atoms with E-state index in [2.05, 4.69) is 4.74 Å². The van der Waals surface area contributed by atoms with Crippen molar-refractivity contribution >= 4 is 0 Å². The van der Waals surface area contributed by atoms with Crippen LogP contribution in [-0.4, -0.2) is 51.6 Å². The third kappa shape index (κ3) is 1.02. The summed E-state index contributed by atoms with van der Waals surface area (Å²) in [6.07, 6.45) is -2.53. The highest BCUT2D eigenvalue weighted by Gasteiger charge is 2.47. The summed E-state index contributed by atoms with van der Waals surface area (Å²) in [6, 6.07) is 0. The summed E-state index contributed by atoms with van der Waals surface area (Å²) >= 11 is 0. The lowest BCUT2D eigenvalue weighted by atomic mass is 10.1. The smallest absolute Gasteiger partial charge is 0.218 e. The first-order valence-corrected chi connectivity index (χ1v) is 2.93. The second-order valence-electron chi connectivity index (χ2n) is 2.33. The zero-order valence-corrected chi connectivity index (χ0v) is 5.27. The van der Waals surface area contributed by atoms with E-state index in [0.717, 1.165) is 0 Å². The highest BCUT2D eigenvalue weighted by molar-refractivity contribution is 4.88. The van der Waals surface area contributed by atoms with E-state index >= 15 is 0 Å². The molecule has 3 atom stereocenters. The predicted octanol–water partition coefficient (Wildman–Crippen LogP) is -2.58. The molecular weight excluding hydrogens is 140 g/mol. The standard InChI is InChI=1S/C5H10O5/c6-2-5(9)4(8)3(7)1-10-5/h3-4,6-9H,1-2H2/t3-,4+,5+/m1/s1. The number of aliphatic hydroxyl groups excluding tert-OH is 3. The molecule has 4 N–H and O–H groups in total. The van der Waals surface area contributed by atoms with E-state index in [1.54, 1.807) is 0 Å². The second kappa shape index (κ2) is 2.44. The van der Waals surface area contributed by atoms with Crippen molar-refractivity contribution in [2.45, 2.75) is 18.0 Å². The number of ether oxygens (including phenoxy) is 1. The Bertz CT molecular complexity index is 127. The van der Waals surface area contributed by atoms with Crippen molar-refractivity contribution in [2.24, 2.45) is 0 Å². The number of hydrogen-bond donors (Lipinski definition) is 4. The second-order valence-corrected chi connectivity index (χ2v) is 2.33. The number of aliphatic hydroxyl groups is 4. The van der Waals surface area contributed by atoms with Gasteiger partial charge in [0, 0.05) is 0 Å². The molecule has 0 aliphatic carbocycles. The molecule has 1 heterocycles. The zero-order valence-electron chi connectivity index (χ0n) is 5.27. The van der Waals surface area contributed by atoms with Crippen molar-refractivity contribution in [3.63, 3.8) is 0 Å². The summed E-state index contributed by atoms with van der Waals surface area (Å²) < 4.78 is 4.52. The van der Waals surface area contributed by atoms with Gasteiger partial charge in [0.15, 0.2) is 0 Å². The molecule has 1 saturated heterocycles. The predicted molar refractivity (Wildman–Crippen MR) is 30.0 cm³/mol. The molecule has 0 saturated carbocycles. The van der Waals surface area contributed by atoms with Crippen molar-refractivity contribution in [3.8, 4) is 0 Å². The Morgan fingerprint density at radius 2 is 2.10 bits per heavy atom. The van der Waals surface area contributed by atoms with Crippen LogP contribution >= 0.6 is 0 Å². The molecule has 60 valence electrons. The maximum Gasteiger partial charge on any atom is 0.218 e. The quantitative estimate of drug-likeness (QED) is 0.329. The molecule has 1 rings (SSSR count). The summed E-state index contributed by atoms with van der Waals surface area (Å²) in [4.78, 5) is 0. The summed E-state index contributed by atoms with van der Waals surface area (Å²) in [5, 5.41) is 35.3. The maximum absolute atomic E-state index is 9.06. The van der Waals surface area contributed by atoms with Crippen LogP contribution in [0.15, 0.2) is 0 Å². The Morgan fingerprint density at radius 1 is 1.50 bits per heavy atom. The van der Waals surface area contributed by atoms with E-state index in [-0.39, 0.29) is 6.61 Å². The Morgan fingerprint density at radius 3 is 2.30 bits per heavy atom. The minimum atomic E-state index is -1.97. The summed E-state index contributed by atoms with van der Waals surface area (Å²) in [5.74, 6) is -1.97. The van der Waals surface area contributed by atoms with E-state index in [0.29, 0.717) is 0 Å². The van der Waals surface area contributed by atoms with E-state index < -0.39 is 24.6 Å². The number of rotatable bonds is 1. The largest absolute Gasteiger partial charge is 0.391 e. The van der Waals surface area contributed by atoms with Crippen LogP contribution in [0.2, 0.25) is 0 Å². The summed E-state index contributed by atoms with van der Waals surface area (Å²) in [6.45, 7) is -0.872. The molecule has 1 aliphatic rings.